The summed E-state index contributed by atoms with van der Waals surface area (Å²) < 4.78 is 1.08. The lowest BCUT2D eigenvalue weighted by molar-refractivity contribution is 1.19. The Morgan fingerprint density at radius 2 is 1.50 bits per heavy atom. The van der Waals surface area contributed by atoms with Crippen molar-refractivity contribution in [3.8, 4) is 0 Å². The molecule has 0 heterocycles. The van der Waals surface area contributed by atoms with E-state index in [1.54, 1.807) is 0 Å². The molecule has 4 heteroatoms. The van der Waals surface area contributed by atoms with E-state index in [0.29, 0.717) is 10.4 Å². The van der Waals surface area contributed by atoms with Crippen molar-refractivity contribution in [3.05, 3.63) is 0 Å². The third kappa shape index (κ3) is 14.9. The first-order valence-corrected chi connectivity index (χ1v) is 2.36. The predicted octanol–water partition coefficient (Wildman–Crippen LogP) is -0.124. The van der Waals surface area contributed by atoms with Gasteiger partial charge in [-0.2, -0.15) is 3.60 Å². The van der Waals surface area contributed by atoms with Gasteiger partial charge in [-0.05, 0) is 23.6 Å². The molecule has 26 valence electrons. The minimum atomic E-state index is 0.713. The third-order valence-electron chi connectivity index (χ3n) is 0. The molecule has 0 unspecified atom stereocenters. The summed E-state index contributed by atoms with van der Waals surface area (Å²) in [6.45, 7) is 0. The van der Waals surface area contributed by atoms with Gasteiger partial charge >= 0.3 is 0 Å². The molecule has 0 radical (unpaired) electrons. The van der Waals surface area contributed by atoms with Crippen LogP contribution < -0.4 is 0 Å². The first-order chi connectivity index (χ1) is 1.73. The molecule has 0 aliphatic rings. The van der Waals surface area contributed by atoms with Crippen LogP contribution in [0.5, 0.6) is 0 Å². The fraction of sp³-hybridized carbons (Fsp3) is 0. The lowest BCUT2D eigenvalue weighted by Gasteiger charge is -1.81. The van der Waals surface area contributed by atoms with Gasteiger partial charge in [0, 0.05) is 0 Å². The SMILES string of the molecule is [SiH3]N(Cl)Cl. The Hall–Kier alpha value is 0.757. The fourth-order valence-corrected chi connectivity index (χ4v) is 0. The Morgan fingerprint density at radius 1 is 1.50 bits per heavy atom. The first-order valence-electron chi connectivity index (χ1n) is 0.785. The van der Waals surface area contributed by atoms with Gasteiger partial charge in [0.05, 0.1) is 0 Å². The van der Waals surface area contributed by atoms with Gasteiger partial charge in [-0.25, -0.2) is 0 Å². The molecular formula is H3Cl2NSi. The summed E-state index contributed by atoms with van der Waals surface area (Å²) in [7, 11) is 0.713. The zero-order valence-corrected chi connectivity index (χ0v) is 5.72. The molecule has 0 rings (SSSR count). The van der Waals surface area contributed by atoms with E-state index < -0.39 is 0 Å². The van der Waals surface area contributed by atoms with Gasteiger partial charge in [0.25, 0.3) is 0 Å². The average molecular weight is 116 g/mol. The number of nitrogens with zero attached hydrogens (tertiary/aromatic N) is 1. The Balaban J connectivity index is 2.32. The van der Waals surface area contributed by atoms with E-state index >= 15 is 0 Å². The molecule has 0 fully saturated rings. The van der Waals surface area contributed by atoms with Gasteiger partial charge < -0.3 is 0 Å². The maximum atomic E-state index is 4.94. The van der Waals surface area contributed by atoms with Crippen LogP contribution in [-0.2, 0) is 0 Å². The van der Waals surface area contributed by atoms with E-state index in [4.69, 9.17) is 23.6 Å². The molecule has 0 amide bonds. The Labute approximate surface area is 38.2 Å². The van der Waals surface area contributed by atoms with Gasteiger partial charge in [0.1, 0.15) is 10.4 Å². The highest BCUT2D eigenvalue weighted by atomic mass is 35.5. The molecule has 4 heavy (non-hydrogen) atoms. The van der Waals surface area contributed by atoms with Gasteiger partial charge in [-0.15, -0.1) is 0 Å². The van der Waals surface area contributed by atoms with Crippen LogP contribution in [0.25, 0.3) is 0 Å². The standard InChI is InChI=1S/Cl2H3NSi/c1-3(2)4/h4H3. The van der Waals surface area contributed by atoms with E-state index in [1.165, 1.54) is 0 Å². The largest absolute Gasteiger partial charge is 0.171 e. The average Bonchev–Trinajstić information content (AvgIpc) is 0.811. The number of halogens is 2. The zero-order chi connectivity index (χ0) is 3.58. The van der Waals surface area contributed by atoms with E-state index in [0.717, 1.165) is 3.60 Å². The summed E-state index contributed by atoms with van der Waals surface area (Å²) in [5.74, 6) is 0. The van der Waals surface area contributed by atoms with Crippen molar-refractivity contribution < 1.29 is 0 Å². The third-order valence-corrected chi connectivity index (χ3v) is 0. The topological polar surface area (TPSA) is 3.24 Å². The maximum Gasteiger partial charge on any atom is 0.122 e. The predicted molar refractivity (Wildman–Crippen MR) is 23.5 cm³/mol. The van der Waals surface area contributed by atoms with Gasteiger partial charge in [0.2, 0.25) is 0 Å². The van der Waals surface area contributed by atoms with Crippen molar-refractivity contribution in [3.63, 3.8) is 0 Å². The summed E-state index contributed by atoms with van der Waals surface area (Å²) in [5, 5.41) is 0. The molecule has 0 saturated heterocycles. The minimum absolute atomic E-state index is 0.713. The molecule has 0 saturated carbocycles. The van der Waals surface area contributed by atoms with Crippen LogP contribution in [-0.4, -0.2) is 14.0 Å². The van der Waals surface area contributed by atoms with E-state index in [2.05, 4.69) is 0 Å². The van der Waals surface area contributed by atoms with Crippen molar-refractivity contribution in [2.45, 2.75) is 0 Å². The van der Waals surface area contributed by atoms with Gasteiger partial charge in [-0.1, -0.05) is 0 Å². The molecule has 0 spiro atoms. The first kappa shape index (κ1) is 4.76. The summed E-state index contributed by atoms with van der Waals surface area (Å²) in [6.07, 6.45) is 0. The smallest absolute Gasteiger partial charge is 0.122 e. The Kier molecular flexibility index (Phi) is 2.41. The van der Waals surface area contributed by atoms with Crippen LogP contribution in [0.3, 0.4) is 0 Å². The van der Waals surface area contributed by atoms with Crippen LogP contribution in [0.4, 0.5) is 0 Å². The van der Waals surface area contributed by atoms with Crippen LogP contribution in [0.2, 0.25) is 0 Å². The number of hydrogen-bond donors (Lipinski definition) is 0. The fourth-order valence-electron chi connectivity index (χ4n) is 0. The van der Waals surface area contributed by atoms with Crippen LogP contribution in [0.1, 0.15) is 0 Å². The number of rotatable bonds is 0. The van der Waals surface area contributed by atoms with E-state index in [9.17, 15) is 0 Å². The van der Waals surface area contributed by atoms with Crippen molar-refractivity contribution >= 4 is 34.0 Å². The second-order valence-electron chi connectivity index (χ2n) is 0.402. The van der Waals surface area contributed by atoms with Crippen LogP contribution in [0, 0.1) is 0 Å². The summed E-state index contributed by atoms with van der Waals surface area (Å²) >= 11 is 9.87. The van der Waals surface area contributed by atoms with Crippen LogP contribution in [0.15, 0.2) is 0 Å². The van der Waals surface area contributed by atoms with Crippen molar-refractivity contribution in [2.24, 2.45) is 0 Å². The quantitative estimate of drug-likeness (QED) is 0.315. The van der Waals surface area contributed by atoms with Crippen molar-refractivity contribution in [1.82, 2.24) is 3.60 Å². The summed E-state index contributed by atoms with van der Waals surface area (Å²) in [4.78, 5) is 0. The lowest BCUT2D eigenvalue weighted by Crippen LogP contribution is -1.81. The monoisotopic (exact) mass is 115 g/mol. The molecule has 0 N–H and O–H groups in total. The molecule has 0 aromatic carbocycles. The van der Waals surface area contributed by atoms with E-state index in [1.807, 2.05) is 0 Å². The molecule has 1 nitrogen and oxygen atoms in total. The zero-order valence-electron chi connectivity index (χ0n) is 2.20. The van der Waals surface area contributed by atoms with Crippen molar-refractivity contribution in [1.29, 1.82) is 0 Å². The second-order valence-corrected chi connectivity index (χ2v) is 3.62. The summed E-state index contributed by atoms with van der Waals surface area (Å²) in [5.41, 5.74) is 0. The number of hydrogen-bond acceptors (Lipinski definition) is 1. The lowest BCUT2D eigenvalue weighted by atomic mass is 13.8. The molecular weight excluding hydrogens is 113 g/mol. The highest BCUT2D eigenvalue weighted by molar-refractivity contribution is 6.47. The Morgan fingerprint density at radius 3 is 1.50 bits per heavy atom. The maximum absolute atomic E-state index is 4.94. The molecule has 0 aliphatic carbocycles. The highest BCUT2D eigenvalue weighted by Gasteiger charge is 1.67. The minimum Gasteiger partial charge on any atom is -0.171 e. The molecule has 0 atom stereocenters. The summed E-state index contributed by atoms with van der Waals surface area (Å²) in [6, 6.07) is 0. The van der Waals surface area contributed by atoms with E-state index in [-0.39, 0.29) is 0 Å². The molecule has 0 aromatic rings. The van der Waals surface area contributed by atoms with Crippen molar-refractivity contribution in [2.75, 3.05) is 0 Å². The van der Waals surface area contributed by atoms with Gasteiger partial charge in [0.15, 0.2) is 0 Å². The second kappa shape index (κ2) is 2.02. The molecule has 0 bridgehead atoms. The highest BCUT2D eigenvalue weighted by Crippen LogP contribution is 1.85. The molecule has 0 aliphatic heterocycles. The Bertz CT molecular complexity index is 10.8. The molecule has 0 aromatic heterocycles. The van der Waals surface area contributed by atoms with Crippen LogP contribution >= 0.6 is 23.6 Å². The normalized spacial score (nSPS) is 9.75. The van der Waals surface area contributed by atoms with Gasteiger partial charge in [-0.3, -0.25) is 0 Å².